The predicted molar refractivity (Wildman–Crippen MR) is 281 cm³/mol. The van der Waals surface area contributed by atoms with E-state index in [4.69, 9.17) is 19.4 Å². The van der Waals surface area contributed by atoms with Crippen LogP contribution in [0.5, 0.6) is 0 Å². The van der Waals surface area contributed by atoms with Crippen molar-refractivity contribution < 1.29 is 4.42 Å². The predicted octanol–water partition coefficient (Wildman–Crippen LogP) is 16.4. The fourth-order valence-corrected chi connectivity index (χ4v) is 10.8. The summed E-state index contributed by atoms with van der Waals surface area (Å²) in [5, 5.41) is 4.67. The molecule has 69 heavy (non-hydrogen) atoms. The third-order valence-electron chi connectivity index (χ3n) is 13.9. The summed E-state index contributed by atoms with van der Waals surface area (Å²) >= 11 is 0. The highest BCUT2D eigenvalue weighted by Crippen LogP contribution is 2.52. The zero-order chi connectivity index (χ0) is 45.4. The molecule has 0 spiro atoms. The molecule has 1 aliphatic rings. The zero-order valence-electron chi connectivity index (χ0n) is 37.3. The van der Waals surface area contributed by atoms with Gasteiger partial charge in [-0.1, -0.05) is 194 Å². The van der Waals surface area contributed by atoms with E-state index in [0.717, 1.165) is 61.0 Å². The Morgan fingerprint density at radius 3 is 1.61 bits per heavy atom. The van der Waals surface area contributed by atoms with Crippen LogP contribution < -0.4 is 0 Å². The van der Waals surface area contributed by atoms with Gasteiger partial charge in [0.2, 0.25) is 0 Å². The van der Waals surface area contributed by atoms with Crippen molar-refractivity contribution >= 4 is 43.7 Å². The summed E-state index contributed by atoms with van der Waals surface area (Å²) in [5.41, 5.74) is 18.8. The zero-order valence-corrected chi connectivity index (χ0v) is 37.3. The van der Waals surface area contributed by atoms with Crippen LogP contribution in [-0.4, -0.2) is 19.5 Å². The van der Waals surface area contributed by atoms with Crippen LogP contribution in [0, 0.1) is 0 Å². The van der Waals surface area contributed by atoms with E-state index in [1.165, 1.54) is 55.2 Å². The largest absolute Gasteiger partial charge is 0.455 e. The van der Waals surface area contributed by atoms with Crippen LogP contribution in [0.1, 0.15) is 22.6 Å². The summed E-state index contributed by atoms with van der Waals surface area (Å²) in [6, 6.07) is 84.0. The molecule has 1 atom stereocenters. The number of benzene rings is 10. The molecule has 3 heterocycles. The van der Waals surface area contributed by atoms with Crippen LogP contribution in [0.25, 0.3) is 117 Å². The standard InChI is InChI=1S/C64H40N4O/c1-4-17-40(18-5-1)62-65-63(41-19-6-2-7-20-41)67-64(66-62)45-22-14-21-44(37-45)47-28-15-29-52-53-30-16-31-54(61(53)69-60(47)52)59-50-27-11-10-25-48(50)55-38-42(33-35-51(55)59)43-34-36-58-56(39-43)49-26-12-13-32-57(49)68(58)46-23-8-3-9-24-46/h1-39,59H. The number of fused-ring (bicyclic) bond motifs is 9. The van der Waals surface area contributed by atoms with Gasteiger partial charge >= 0.3 is 0 Å². The lowest BCUT2D eigenvalue weighted by molar-refractivity contribution is 0.662. The van der Waals surface area contributed by atoms with Gasteiger partial charge in [0.25, 0.3) is 0 Å². The molecule has 0 saturated carbocycles. The van der Waals surface area contributed by atoms with Crippen LogP contribution >= 0.6 is 0 Å². The molecular formula is C64H40N4O. The Hall–Kier alpha value is -9.19. The summed E-state index contributed by atoms with van der Waals surface area (Å²) in [6.07, 6.45) is 0. The fraction of sp³-hybridized carbons (Fsp3) is 0.0156. The highest BCUT2D eigenvalue weighted by atomic mass is 16.3. The third kappa shape index (κ3) is 6.36. The molecule has 0 saturated heterocycles. The molecule has 5 nitrogen and oxygen atoms in total. The maximum absolute atomic E-state index is 7.17. The highest BCUT2D eigenvalue weighted by Gasteiger charge is 2.32. The average molecular weight is 881 g/mol. The average Bonchev–Trinajstić information content (AvgIpc) is 4.09. The molecule has 13 aromatic rings. The topological polar surface area (TPSA) is 56.7 Å². The lowest BCUT2D eigenvalue weighted by atomic mass is 9.87. The minimum atomic E-state index is -0.00548. The second kappa shape index (κ2) is 15.7. The number of aromatic nitrogens is 4. The first-order valence-electron chi connectivity index (χ1n) is 23.5. The van der Waals surface area contributed by atoms with Gasteiger partial charge in [0.05, 0.1) is 11.0 Å². The van der Waals surface area contributed by atoms with E-state index < -0.39 is 0 Å². The third-order valence-corrected chi connectivity index (χ3v) is 13.9. The van der Waals surface area contributed by atoms with Crippen molar-refractivity contribution in [1.82, 2.24) is 19.5 Å². The number of para-hydroxylation sites is 4. The van der Waals surface area contributed by atoms with E-state index in [1.807, 2.05) is 60.7 Å². The van der Waals surface area contributed by atoms with Crippen LogP contribution in [0.15, 0.2) is 241 Å². The van der Waals surface area contributed by atoms with Gasteiger partial charge in [-0.25, -0.2) is 15.0 Å². The molecule has 0 aliphatic heterocycles. The van der Waals surface area contributed by atoms with Crippen molar-refractivity contribution in [2.75, 3.05) is 0 Å². The lowest BCUT2D eigenvalue weighted by Gasteiger charge is -2.15. The second-order valence-corrected chi connectivity index (χ2v) is 17.9. The van der Waals surface area contributed by atoms with E-state index >= 15 is 0 Å². The highest BCUT2D eigenvalue weighted by molar-refractivity contribution is 6.12. The van der Waals surface area contributed by atoms with Gasteiger partial charge in [0.1, 0.15) is 11.2 Å². The number of rotatable bonds is 7. The summed E-state index contributed by atoms with van der Waals surface area (Å²) < 4.78 is 9.54. The van der Waals surface area contributed by atoms with Gasteiger partial charge in [-0.05, 0) is 81.4 Å². The molecule has 0 bridgehead atoms. The van der Waals surface area contributed by atoms with Crippen molar-refractivity contribution in [2.45, 2.75) is 5.92 Å². The molecule has 0 amide bonds. The minimum Gasteiger partial charge on any atom is -0.455 e. The maximum atomic E-state index is 7.17. The van der Waals surface area contributed by atoms with Gasteiger partial charge in [-0.3, -0.25) is 0 Å². The SMILES string of the molecule is c1ccc(-c2nc(-c3ccccc3)nc(-c3cccc(-c4cccc5c4oc4c(C6c7ccccc7-c7cc(-c8ccc9c(c8)c8ccccc8n9-c8ccccc8)ccc76)cccc45)c3)n2)cc1. The van der Waals surface area contributed by atoms with Crippen molar-refractivity contribution in [3.05, 3.63) is 253 Å². The minimum absolute atomic E-state index is 0.00548. The van der Waals surface area contributed by atoms with Gasteiger partial charge in [0.15, 0.2) is 17.5 Å². The van der Waals surface area contributed by atoms with Crippen molar-refractivity contribution in [2.24, 2.45) is 0 Å². The van der Waals surface area contributed by atoms with Crippen LogP contribution in [0.3, 0.4) is 0 Å². The summed E-state index contributed by atoms with van der Waals surface area (Å²) in [4.78, 5) is 15.0. The Labute approximate surface area is 398 Å². The monoisotopic (exact) mass is 880 g/mol. The van der Waals surface area contributed by atoms with Crippen LogP contribution in [0.2, 0.25) is 0 Å². The van der Waals surface area contributed by atoms with Crippen molar-refractivity contribution in [3.8, 4) is 73.2 Å². The second-order valence-electron chi connectivity index (χ2n) is 17.9. The quantitative estimate of drug-likeness (QED) is 0.160. The molecule has 0 radical (unpaired) electrons. The Morgan fingerprint density at radius 1 is 0.304 bits per heavy atom. The van der Waals surface area contributed by atoms with E-state index in [9.17, 15) is 0 Å². The maximum Gasteiger partial charge on any atom is 0.164 e. The fourth-order valence-electron chi connectivity index (χ4n) is 10.8. The number of hydrogen-bond donors (Lipinski definition) is 0. The Kier molecular flexibility index (Phi) is 8.89. The summed E-state index contributed by atoms with van der Waals surface area (Å²) in [5.74, 6) is 1.87. The van der Waals surface area contributed by atoms with Crippen LogP contribution in [-0.2, 0) is 0 Å². The van der Waals surface area contributed by atoms with E-state index in [1.54, 1.807) is 0 Å². The van der Waals surface area contributed by atoms with Gasteiger partial charge < -0.3 is 8.98 Å². The first kappa shape index (κ1) is 39.0. The number of furan rings is 1. The van der Waals surface area contributed by atoms with Crippen molar-refractivity contribution in [1.29, 1.82) is 0 Å². The van der Waals surface area contributed by atoms with E-state index in [0.29, 0.717) is 17.5 Å². The molecule has 14 rings (SSSR count). The van der Waals surface area contributed by atoms with Crippen molar-refractivity contribution in [3.63, 3.8) is 0 Å². The Bertz CT molecular complexity index is 4080. The molecule has 1 unspecified atom stereocenters. The smallest absolute Gasteiger partial charge is 0.164 e. The summed E-state index contributed by atoms with van der Waals surface area (Å²) in [7, 11) is 0. The lowest BCUT2D eigenvalue weighted by Crippen LogP contribution is -2.00. The first-order valence-corrected chi connectivity index (χ1v) is 23.5. The molecule has 3 aromatic heterocycles. The Morgan fingerprint density at radius 2 is 0.826 bits per heavy atom. The van der Waals surface area contributed by atoms with Gasteiger partial charge in [-0.2, -0.15) is 0 Å². The Balaban J connectivity index is 0.869. The molecule has 10 aromatic carbocycles. The molecular weight excluding hydrogens is 841 g/mol. The molecule has 5 heteroatoms. The van der Waals surface area contributed by atoms with E-state index in [2.05, 4.69) is 180 Å². The first-order chi connectivity index (χ1) is 34.2. The van der Waals surface area contributed by atoms with E-state index in [-0.39, 0.29) is 5.92 Å². The van der Waals surface area contributed by atoms with Gasteiger partial charge in [0, 0.05) is 61.0 Å². The van der Waals surface area contributed by atoms with Gasteiger partial charge in [-0.15, -0.1) is 0 Å². The molecule has 1 aliphatic carbocycles. The molecule has 322 valence electrons. The van der Waals surface area contributed by atoms with Crippen LogP contribution in [0.4, 0.5) is 0 Å². The number of hydrogen-bond acceptors (Lipinski definition) is 4. The molecule has 0 N–H and O–H groups in total. The molecule has 0 fully saturated rings. The number of nitrogens with zero attached hydrogens (tertiary/aromatic N) is 4. The summed E-state index contributed by atoms with van der Waals surface area (Å²) in [6.45, 7) is 0. The normalized spacial score (nSPS) is 13.1.